The number of hydrogen-bond acceptors (Lipinski definition) is 5. The Hall–Kier alpha value is -3.55. The van der Waals surface area contributed by atoms with Gasteiger partial charge < -0.3 is 24.2 Å². The zero-order chi connectivity index (χ0) is 24.5. The van der Waals surface area contributed by atoms with E-state index in [-0.39, 0.29) is 12.0 Å². The molecule has 3 aromatic rings. The lowest BCUT2D eigenvalue weighted by Crippen LogP contribution is -2.40. The second-order valence-corrected chi connectivity index (χ2v) is 9.67. The first-order valence-corrected chi connectivity index (χ1v) is 12.3. The number of rotatable bonds is 5. The maximum atomic E-state index is 12.2. The molecule has 5 rings (SSSR count). The molecule has 184 valence electrons. The molecule has 1 aromatic heterocycles. The first kappa shape index (κ1) is 23.2. The second kappa shape index (κ2) is 9.60. The minimum atomic E-state index is -0.749. The van der Waals surface area contributed by atoms with Crippen molar-refractivity contribution in [2.24, 2.45) is 5.92 Å². The van der Waals surface area contributed by atoms with E-state index in [4.69, 9.17) is 9.72 Å². The number of hydrogen-bond donors (Lipinski definition) is 1. The monoisotopic (exact) mass is 476 g/mol. The SMILES string of the molecule is COC(=O)N1CCc2ccc3c(nc(N4CCC[C@H](C(=O)O)C4)n3C[C@H](C)c3ccccc3)c2C1. The van der Waals surface area contributed by atoms with Crippen molar-refractivity contribution in [3.63, 3.8) is 0 Å². The molecule has 0 radical (unpaired) electrons. The number of imidazole rings is 1. The van der Waals surface area contributed by atoms with Crippen molar-refractivity contribution in [3.8, 4) is 0 Å². The average molecular weight is 477 g/mol. The summed E-state index contributed by atoms with van der Waals surface area (Å²) in [5.41, 5.74) is 5.41. The van der Waals surface area contributed by atoms with Crippen LogP contribution in [0.1, 0.15) is 42.4 Å². The van der Waals surface area contributed by atoms with Crippen molar-refractivity contribution >= 4 is 29.0 Å². The molecule has 35 heavy (non-hydrogen) atoms. The highest BCUT2D eigenvalue weighted by atomic mass is 16.5. The number of fused-ring (bicyclic) bond motifs is 3. The van der Waals surface area contributed by atoms with Gasteiger partial charge in [0, 0.05) is 31.7 Å². The molecule has 3 heterocycles. The number of carbonyl (C=O) groups excluding carboxylic acids is 1. The summed E-state index contributed by atoms with van der Waals surface area (Å²) in [6.45, 7) is 5.25. The number of carboxylic acids is 1. The summed E-state index contributed by atoms with van der Waals surface area (Å²) in [5, 5.41) is 9.67. The Balaban J connectivity index is 1.59. The number of nitrogens with zero attached hydrogens (tertiary/aromatic N) is 4. The predicted octanol–water partition coefficient (Wildman–Crippen LogP) is 4.27. The third-order valence-corrected chi connectivity index (χ3v) is 7.41. The number of amides is 1. The Morgan fingerprint density at radius 3 is 2.71 bits per heavy atom. The first-order chi connectivity index (χ1) is 17.0. The van der Waals surface area contributed by atoms with E-state index in [1.807, 2.05) is 6.07 Å². The van der Waals surface area contributed by atoms with E-state index in [9.17, 15) is 14.7 Å². The zero-order valence-electron chi connectivity index (χ0n) is 20.3. The van der Waals surface area contributed by atoms with Crippen LogP contribution in [0.25, 0.3) is 11.0 Å². The van der Waals surface area contributed by atoms with Gasteiger partial charge in [-0.1, -0.05) is 43.3 Å². The van der Waals surface area contributed by atoms with Crippen molar-refractivity contribution < 1.29 is 19.4 Å². The molecule has 0 spiro atoms. The summed E-state index contributed by atoms with van der Waals surface area (Å²) in [5.74, 6) is -0.0827. The van der Waals surface area contributed by atoms with Crippen LogP contribution < -0.4 is 4.90 Å². The zero-order valence-corrected chi connectivity index (χ0v) is 20.3. The van der Waals surface area contributed by atoms with Crippen LogP contribution in [0.4, 0.5) is 10.7 Å². The number of carboxylic acid groups (broad SMARTS) is 1. The fraction of sp³-hybridized carbons (Fsp3) is 0.444. The lowest BCUT2D eigenvalue weighted by molar-refractivity contribution is -0.141. The van der Waals surface area contributed by atoms with Gasteiger partial charge in [0.2, 0.25) is 5.95 Å². The van der Waals surface area contributed by atoms with Gasteiger partial charge in [-0.3, -0.25) is 4.79 Å². The smallest absolute Gasteiger partial charge is 0.409 e. The molecule has 1 N–H and O–H groups in total. The van der Waals surface area contributed by atoms with E-state index in [0.29, 0.717) is 26.1 Å². The third kappa shape index (κ3) is 4.45. The van der Waals surface area contributed by atoms with Gasteiger partial charge >= 0.3 is 12.1 Å². The number of piperidine rings is 1. The summed E-state index contributed by atoms with van der Waals surface area (Å²) < 4.78 is 7.22. The van der Waals surface area contributed by atoms with Gasteiger partial charge in [-0.15, -0.1) is 0 Å². The number of benzene rings is 2. The van der Waals surface area contributed by atoms with Crippen LogP contribution in [-0.2, 0) is 29.0 Å². The summed E-state index contributed by atoms with van der Waals surface area (Å²) in [6, 6.07) is 14.7. The Labute approximate surface area is 205 Å². The van der Waals surface area contributed by atoms with Crippen molar-refractivity contribution in [2.45, 2.75) is 45.2 Å². The molecule has 0 aliphatic carbocycles. The third-order valence-electron chi connectivity index (χ3n) is 7.41. The van der Waals surface area contributed by atoms with Crippen LogP contribution in [0.2, 0.25) is 0 Å². The van der Waals surface area contributed by atoms with Crippen LogP contribution in [0, 0.1) is 5.92 Å². The highest BCUT2D eigenvalue weighted by molar-refractivity contribution is 5.84. The number of aromatic nitrogens is 2. The van der Waals surface area contributed by atoms with Gasteiger partial charge in [0.05, 0.1) is 30.6 Å². The number of anilines is 1. The quantitative estimate of drug-likeness (QED) is 0.592. The summed E-state index contributed by atoms with van der Waals surface area (Å²) in [4.78, 5) is 33.0. The van der Waals surface area contributed by atoms with E-state index in [1.165, 1.54) is 18.2 Å². The molecule has 8 heteroatoms. The highest BCUT2D eigenvalue weighted by Crippen LogP contribution is 2.34. The molecule has 0 saturated carbocycles. The Morgan fingerprint density at radius 1 is 1.17 bits per heavy atom. The first-order valence-electron chi connectivity index (χ1n) is 12.3. The van der Waals surface area contributed by atoms with Crippen molar-refractivity contribution in [2.75, 3.05) is 31.6 Å². The van der Waals surface area contributed by atoms with Gasteiger partial charge in [-0.25, -0.2) is 9.78 Å². The highest BCUT2D eigenvalue weighted by Gasteiger charge is 2.31. The summed E-state index contributed by atoms with van der Waals surface area (Å²) in [7, 11) is 1.41. The van der Waals surface area contributed by atoms with Crippen molar-refractivity contribution in [3.05, 3.63) is 59.2 Å². The number of ether oxygens (including phenoxy) is 1. The average Bonchev–Trinajstić information content (AvgIpc) is 3.27. The van der Waals surface area contributed by atoms with Crippen LogP contribution in [0.5, 0.6) is 0 Å². The Bertz CT molecular complexity index is 1240. The molecule has 1 fully saturated rings. The molecular formula is C27H32N4O4. The maximum absolute atomic E-state index is 12.2. The van der Waals surface area contributed by atoms with Crippen molar-refractivity contribution in [1.29, 1.82) is 0 Å². The molecule has 0 bridgehead atoms. The lowest BCUT2D eigenvalue weighted by Gasteiger charge is -2.32. The van der Waals surface area contributed by atoms with Gasteiger partial charge in [-0.2, -0.15) is 0 Å². The molecule has 1 saturated heterocycles. The fourth-order valence-electron chi connectivity index (χ4n) is 5.44. The van der Waals surface area contributed by atoms with E-state index in [1.54, 1.807) is 4.90 Å². The fourth-order valence-corrected chi connectivity index (χ4v) is 5.44. The number of carbonyl (C=O) groups is 2. The molecule has 8 nitrogen and oxygen atoms in total. The minimum absolute atomic E-state index is 0.245. The lowest BCUT2D eigenvalue weighted by atomic mass is 9.98. The molecule has 2 aliphatic heterocycles. The minimum Gasteiger partial charge on any atom is -0.481 e. The van der Waals surface area contributed by atoms with Crippen LogP contribution in [-0.4, -0.2) is 58.4 Å². The summed E-state index contributed by atoms with van der Waals surface area (Å²) >= 11 is 0. The predicted molar refractivity (Wildman–Crippen MR) is 134 cm³/mol. The van der Waals surface area contributed by atoms with Gasteiger partial charge in [0.15, 0.2) is 0 Å². The number of aliphatic carboxylic acids is 1. The molecule has 2 aromatic carbocycles. The van der Waals surface area contributed by atoms with Gasteiger partial charge in [0.1, 0.15) is 0 Å². The van der Waals surface area contributed by atoms with Crippen molar-refractivity contribution in [1.82, 2.24) is 14.5 Å². The van der Waals surface area contributed by atoms with Gasteiger partial charge in [-0.05, 0) is 42.4 Å². The van der Waals surface area contributed by atoms with Crippen LogP contribution in [0.15, 0.2) is 42.5 Å². The summed E-state index contributed by atoms with van der Waals surface area (Å²) in [6.07, 6.45) is 1.94. The Morgan fingerprint density at radius 2 is 1.97 bits per heavy atom. The van der Waals surface area contributed by atoms with Crippen LogP contribution in [0.3, 0.4) is 0 Å². The number of methoxy groups -OCH3 is 1. The topological polar surface area (TPSA) is 87.9 Å². The van der Waals surface area contributed by atoms with Crippen LogP contribution >= 0.6 is 0 Å². The van der Waals surface area contributed by atoms with E-state index < -0.39 is 11.9 Å². The molecule has 0 unspecified atom stereocenters. The largest absolute Gasteiger partial charge is 0.481 e. The standard InChI is InChI=1S/C27H32N4O4/c1-18(19-7-4-3-5-8-19)15-31-23-11-10-20-12-14-30(27(34)35-2)17-22(20)24(23)28-26(31)29-13-6-9-21(16-29)25(32)33/h3-5,7-8,10-11,18,21H,6,9,12-17H2,1-2H3,(H,32,33)/t18-,21-/m0/s1. The molecular weight excluding hydrogens is 444 g/mol. The molecule has 2 atom stereocenters. The Kier molecular flexibility index (Phi) is 6.36. The van der Waals surface area contributed by atoms with E-state index >= 15 is 0 Å². The maximum Gasteiger partial charge on any atom is 0.409 e. The van der Waals surface area contributed by atoms with Gasteiger partial charge in [0.25, 0.3) is 0 Å². The van der Waals surface area contributed by atoms with E-state index in [2.05, 4.69) is 52.8 Å². The second-order valence-electron chi connectivity index (χ2n) is 9.67. The molecule has 1 amide bonds. The molecule has 2 aliphatic rings. The van der Waals surface area contributed by atoms with E-state index in [0.717, 1.165) is 48.5 Å². The normalized spacial score (nSPS) is 18.9.